The van der Waals surface area contributed by atoms with Crippen LogP contribution in [0.15, 0.2) is 54.6 Å². The number of anilines is 1. The fraction of sp³-hybridized carbons (Fsp3) is 0.545. The molecule has 216 valence electrons. The Morgan fingerprint density at radius 2 is 1.92 bits per heavy atom. The Balaban J connectivity index is 0.000000320. The van der Waals surface area contributed by atoms with E-state index < -0.39 is 5.91 Å². The summed E-state index contributed by atoms with van der Waals surface area (Å²) in [6, 6.07) is 14.1. The minimum atomic E-state index is -0.407. The van der Waals surface area contributed by atoms with Crippen LogP contribution >= 0.6 is 11.8 Å². The first-order valence-corrected chi connectivity index (χ1v) is 15.8. The number of nitrogens with two attached hydrogens (primary N) is 1. The molecule has 0 spiro atoms. The van der Waals surface area contributed by atoms with Gasteiger partial charge in [0, 0.05) is 32.2 Å². The first-order chi connectivity index (χ1) is 19.0. The molecule has 1 unspecified atom stereocenters. The molecular formula is C33H50N2O3S. The van der Waals surface area contributed by atoms with Crippen LogP contribution in [-0.4, -0.2) is 50.3 Å². The highest BCUT2D eigenvalue weighted by Crippen LogP contribution is 2.33. The second-order valence-corrected chi connectivity index (χ2v) is 11.6. The molecule has 0 bridgehead atoms. The molecule has 1 heterocycles. The maximum absolute atomic E-state index is 11.4. The number of fused-ring (bicyclic) bond motifs is 1. The first-order valence-electron chi connectivity index (χ1n) is 14.4. The van der Waals surface area contributed by atoms with Crippen LogP contribution in [0.25, 0.3) is 0 Å². The van der Waals surface area contributed by atoms with E-state index in [1.165, 1.54) is 55.4 Å². The molecule has 1 aliphatic heterocycles. The summed E-state index contributed by atoms with van der Waals surface area (Å²) in [5.74, 6) is 3.25. The van der Waals surface area contributed by atoms with E-state index in [0.717, 1.165) is 50.3 Å². The van der Waals surface area contributed by atoms with Crippen molar-refractivity contribution in [1.82, 2.24) is 0 Å². The molecule has 0 aromatic heterocycles. The molecule has 1 aliphatic carbocycles. The summed E-state index contributed by atoms with van der Waals surface area (Å²) >= 11 is 1.95. The molecule has 1 saturated carbocycles. The molecule has 5 nitrogen and oxygen atoms in total. The number of rotatable bonds is 11. The minimum absolute atomic E-state index is 0.407. The minimum Gasteiger partial charge on any atom is -0.491 e. The van der Waals surface area contributed by atoms with Crippen molar-refractivity contribution in [2.45, 2.75) is 64.7 Å². The number of carbonyl (C=O) groups excluding carboxylic acids is 1. The number of hydrogen-bond acceptors (Lipinski definition) is 5. The predicted molar refractivity (Wildman–Crippen MR) is 168 cm³/mol. The number of aliphatic hydroxyl groups is 1. The van der Waals surface area contributed by atoms with Crippen molar-refractivity contribution in [3.05, 3.63) is 71.3 Å². The van der Waals surface area contributed by atoms with Crippen molar-refractivity contribution in [2.24, 2.45) is 17.6 Å². The van der Waals surface area contributed by atoms with E-state index in [-0.39, 0.29) is 0 Å². The topological polar surface area (TPSA) is 75.8 Å². The summed E-state index contributed by atoms with van der Waals surface area (Å²) in [7, 11) is 3.05. The summed E-state index contributed by atoms with van der Waals surface area (Å²) < 4.78 is 5.99. The van der Waals surface area contributed by atoms with Crippen molar-refractivity contribution in [3.63, 3.8) is 0 Å². The SMILES string of the molecule is CO.CSCCC/C=C/CC1CCC1.Cc1cccc(CCCC2COc3ccc(C(N)=O)cc3N(C)C2)c1. The largest absolute Gasteiger partial charge is 0.491 e. The number of thioether (sulfide) groups is 1. The summed E-state index contributed by atoms with van der Waals surface area (Å²) in [5.41, 5.74) is 9.57. The Kier molecular flexibility index (Phi) is 15.8. The van der Waals surface area contributed by atoms with Gasteiger partial charge in [-0.25, -0.2) is 0 Å². The molecule has 1 atom stereocenters. The van der Waals surface area contributed by atoms with Crippen molar-refractivity contribution in [1.29, 1.82) is 0 Å². The van der Waals surface area contributed by atoms with Crippen LogP contribution in [0, 0.1) is 18.8 Å². The van der Waals surface area contributed by atoms with E-state index >= 15 is 0 Å². The normalized spacial score (nSPS) is 16.5. The first kappa shape index (κ1) is 32.8. The van der Waals surface area contributed by atoms with Gasteiger partial charge < -0.3 is 20.5 Å². The Hall–Kier alpha value is -2.44. The van der Waals surface area contributed by atoms with Crippen LogP contribution in [0.3, 0.4) is 0 Å². The zero-order valence-electron chi connectivity index (χ0n) is 24.5. The van der Waals surface area contributed by atoms with Gasteiger partial charge in [0.1, 0.15) is 5.75 Å². The summed E-state index contributed by atoms with van der Waals surface area (Å²) in [6.07, 6.45) is 18.7. The molecule has 3 N–H and O–H groups in total. The van der Waals surface area contributed by atoms with E-state index in [1.54, 1.807) is 6.07 Å². The van der Waals surface area contributed by atoms with Crippen LogP contribution in [-0.2, 0) is 6.42 Å². The summed E-state index contributed by atoms with van der Waals surface area (Å²) in [4.78, 5) is 13.6. The Bertz CT molecular complexity index is 1010. The number of benzene rings is 2. The third kappa shape index (κ3) is 12.1. The second kappa shape index (κ2) is 18.8. The smallest absolute Gasteiger partial charge is 0.248 e. The molecule has 2 aromatic carbocycles. The van der Waals surface area contributed by atoms with Crippen molar-refractivity contribution >= 4 is 23.4 Å². The molecule has 0 saturated heterocycles. The average Bonchev–Trinajstić information content (AvgIpc) is 3.07. The summed E-state index contributed by atoms with van der Waals surface area (Å²) in [5, 5.41) is 7.00. The number of nitrogens with zero attached hydrogens (tertiary/aromatic N) is 1. The monoisotopic (exact) mass is 554 g/mol. The van der Waals surface area contributed by atoms with Gasteiger partial charge in [-0.1, -0.05) is 61.2 Å². The fourth-order valence-corrected chi connectivity index (χ4v) is 5.41. The van der Waals surface area contributed by atoms with Gasteiger partial charge in [0.15, 0.2) is 0 Å². The molecular weight excluding hydrogens is 504 g/mol. The van der Waals surface area contributed by atoms with Crippen molar-refractivity contribution < 1.29 is 14.6 Å². The molecule has 4 rings (SSSR count). The van der Waals surface area contributed by atoms with Gasteiger partial charge in [-0.05, 0) is 87.1 Å². The van der Waals surface area contributed by atoms with Gasteiger partial charge in [0.25, 0.3) is 0 Å². The number of ether oxygens (including phenoxy) is 1. The van der Waals surface area contributed by atoms with Gasteiger partial charge >= 0.3 is 0 Å². The zero-order valence-corrected chi connectivity index (χ0v) is 25.3. The third-order valence-corrected chi connectivity index (χ3v) is 8.10. The van der Waals surface area contributed by atoms with Gasteiger partial charge in [0.05, 0.1) is 12.3 Å². The third-order valence-electron chi connectivity index (χ3n) is 7.40. The van der Waals surface area contributed by atoms with E-state index in [1.807, 2.05) is 30.9 Å². The van der Waals surface area contributed by atoms with Crippen LogP contribution in [0.2, 0.25) is 0 Å². The number of carbonyl (C=O) groups is 1. The zero-order chi connectivity index (χ0) is 28.5. The van der Waals surface area contributed by atoms with Gasteiger partial charge in [-0.3, -0.25) is 4.79 Å². The average molecular weight is 555 g/mol. The molecule has 1 amide bonds. The molecule has 0 radical (unpaired) electrons. The van der Waals surface area contributed by atoms with E-state index in [4.69, 9.17) is 15.6 Å². The Labute approximate surface area is 241 Å². The fourth-order valence-electron chi connectivity index (χ4n) is 4.95. The molecule has 6 heteroatoms. The lowest BCUT2D eigenvalue weighted by molar-refractivity contribution is 0.100. The number of allylic oxidation sites excluding steroid dienone is 2. The summed E-state index contributed by atoms with van der Waals surface area (Å²) in [6.45, 7) is 3.76. The number of aliphatic hydroxyl groups excluding tert-OH is 1. The van der Waals surface area contributed by atoms with Crippen LogP contribution < -0.4 is 15.4 Å². The van der Waals surface area contributed by atoms with Gasteiger partial charge in [-0.15, -0.1) is 0 Å². The number of hydrogen-bond donors (Lipinski definition) is 2. The predicted octanol–water partition coefficient (Wildman–Crippen LogP) is 7.05. The van der Waals surface area contributed by atoms with Crippen LogP contribution in [0.4, 0.5) is 5.69 Å². The maximum atomic E-state index is 11.4. The van der Waals surface area contributed by atoms with Gasteiger partial charge in [0.2, 0.25) is 5.91 Å². The van der Waals surface area contributed by atoms with Crippen molar-refractivity contribution in [3.8, 4) is 5.75 Å². The quantitative estimate of drug-likeness (QED) is 0.230. The molecule has 2 aliphatic rings. The lowest BCUT2D eigenvalue weighted by Crippen LogP contribution is -2.26. The molecule has 1 fully saturated rings. The van der Waals surface area contributed by atoms with Gasteiger partial charge in [-0.2, -0.15) is 11.8 Å². The standard InChI is InChI=1S/C21H26N2O2.C11H20S.CH4O/c1-15-5-3-6-16(11-15)7-4-8-17-13-23(2)19-12-18(21(22)24)9-10-20(19)25-14-17;1-12-10-5-3-2-4-7-11-8-6-9-11;1-2/h3,5-6,9-12,17H,4,7-8,13-14H2,1-2H3,(H2,22,24);2,4,11H,3,5-10H2,1H3;2H,1H3/b;4-2+;. The molecule has 39 heavy (non-hydrogen) atoms. The lowest BCUT2D eigenvalue weighted by atomic mass is 9.83. The lowest BCUT2D eigenvalue weighted by Gasteiger charge is -2.23. The number of amides is 1. The van der Waals surface area contributed by atoms with Crippen molar-refractivity contribution in [2.75, 3.05) is 44.2 Å². The molecule has 2 aromatic rings. The highest BCUT2D eigenvalue weighted by molar-refractivity contribution is 7.98. The highest BCUT2D eigenvalue weighted by atomic mass is 32.2. The number of primary amides is 1. The second-order valence-electron chi connectivity index (χ2n) is 10.6. The van der Waals surface area contributed by atoms with E-state index in [0.29, 0.717) is 18.1 Å². The van der Waals surface area contributed by atoms with E-state index in [2.05, 4.69) is 54.5 Å². The number of aryl methyl sites for hydroxylation is 2. The Morgan fingerprint density at radius 3 is 2.59 bits per heavy atom. The van der Waals surface area contributed by atoms with Crippen LogP contribution in [0.5, 0.6) is 5.75 Å². The maximum Gasteiger partial charge on any atom is 0.248 e. The Morgan fingerprint density at radius 1 is 1.13 bits per heavy atom. The van der Waals surface area contributed by atoms with Crippen LogP contribution in [0.1, 0.15) is 72.9 Å². The van der Waals surface area contributed by atoms with E-state index in [9.17, 15) is 4.79 Å². The highest BCUT2D eigenvalue weighted by Gasteiger charge is 2.21. The number of unbranched alkanes of at least 4 members (excludes halogenated alkanes) is 1.